The summed E-state index contributed by atoms with van der Waals surface area (Å²) in [5, 5.41) is 8.86. The Morgan fingerprint density at radius 1 is 0.848 bits per heavy atom. The molecule has 1 atom stereocenters. The van der Waals surface area contributed by atoms with Gasteiger partial charge < -0.3 is 20.9 Å². The molecule has 7 nitrogen and oxygen atoms in total. The maximum absolute atomic E-state index is 13.1. The third kappa shape index (κ3) is 6.33. The molecule has 3 aromatic carbocycles. The highest BCUT2D eigenvalue weighted by Crippen LogP contribution is 2.22. The zero-order valence-corrected chi connectivity index (χ0v) is 19.3. The van der Waals surface area contributed by atoms with Gasteiger partial charge in [-0.3, -0.25) is 9.59 Å². The number of hydrogen-bond acceptors (Lipinski definition) is 3. The summed E-state index contributed by atoms with van der Waals surface area (Å²) in [4.78, 5) is 39.2. The third-order valence-corrected chi connectivity index (χ3v) is 5.32. The molecule has 0 saturated carbocycles. The smallest absolute Gasteiger partial charge is 0.321 e. The van der Waals surface area contributed by atoms with E-state index < -0.39 is 17.9 Å². The molecular weight excluding hydrogens is 440 g/mol. The molecule has 0 aromatic heterocycles. The van der Waals surface area contributed by atoms with E-state index in [-0.39, 0.29) is 6.03 Å². The van der Waals surface area contributed by atoms with Crippen molar-refractivity contribution in [1.29, 1.82) is 0 Å². The molecule has 0 fully saturated rings. The summed E-state index contributed by atoms with van der Waals surface area (Å²) in [6, 6.07) is 19.4. The Hall–Kier alpha value is -3.84. The number of carbonyl (C=O) groups excluding carboxylic acids is 3. The Labute approximate surface area is 197 Å². The molecule has 0 radical (unpaired) electrons. The summed E-state index contributed by atoms with van der Waals surface area (Å²) >= 11 is 6.17. The number of aryl methyl sites for hydroxylation is 1. The van der Waals surface area contributed by atoms with Crippen molar-refractivity contribution >= 4 is 40.8 Å². The van der Waals surface area contributed by atoms with Crippen LogP contribution in [0.3, 0.4) is 0 Å². The summed E-state index contributed by atoms with van der Waals surface area (Å²) in [5.74, 6) is -0.823. The molecule has 4 amide bonds. The first kappa shape index (κ1) is 23.8. The standard InChI is InChI=1S/C25H25ClN4O3/c1-16-9-12-20(15-21(16)26)27-24(32)22(17-7-5-4-6-8-17)29-23(31)18-10-13-19(14-11-18)28-25(33)30(2)3/h4-15,22H,1-3H3,(H,27,32)(H,28,33)(H,29,31). The lowest BCUT2D eigenvalue weighted by Gasteiger charge is -2.19. The highest BCUT2D eigenvalue weighted by molar-refractivity contribution is 6.31. The van der Waals surface area contributed by atoms with Gasteiger partial charge in [-0.05, 0) is 54.4 Å². The van der Waals surface area contributed by atoms with Crippen molar-refractivity contribution in [1.82, 2.24) is 10.2 Å². The van der Waals surface area contributed by atoms with Crippen LogP contribution in [0.2, 0.25) is 5.02 Å². The van der Waals surface area contributed by atoms with Gasteiger partial charge in [0.1, 0.15) is 6.04 Å². The number of amides is 4. The molecule has 0 saturated heterocycles. The Morgan fingerprint density at radius 3 is 2.09 bits per heavy atom. The van der Waals surface area contributed by atoms with Crippen LogP contribution < -0.4 is 16.0 Å². The Bertz CT molecular complexity index is 1150. The predicted octanol–water partition coefficient (Wildman–Crippen LogP) is 4.85. The Balaban J connectivity index is 1.77. The molecule has 8 heteroatoms. The molecule has 33 heavy (non-hydrogen) atoms. The Kier molecular flexibility index (Phi) is 7.69. The first-order valence-electron chi connectivity index (χ1n) is 10.3. The van der Waals surface area contributed by atoms with E-state index in [1.807, 2.05) is 19.1 Å². The van der Waals surface area contributed by atoms with E-state index in [1.165, 1.54) is 4.90 Å². The summed E-state index contributed by atoms with van der Waals surface area (Å²) in [6.07, 6.45) is 0. The van der Waals surface area contributed by atoms with E-state index in [9.17, 15) is 14.4 Å². The molecule has 0 bridgehead atoms. The van der Waals surface area contributed by atoms with Crippen molar-refractivity contribution < 1.29 is 14.4 Å². The number of nitrogens with zero attached hydrogens (tertiary/aromatic N) is 1. The van der Waals surface area contributed by atoms with Gasteiger partial charge in [0, 0.05) is 36.1 Å². The molecule has 3 rings (SSSR count). The van der Waals surface area contributed by atoms with Crippen LogP contribution >= 0.6 is 11.6 Å². The van der Waals surface area contributed by atoms with Crippen molar-refractivity contribution in [2.45, 2.75) is 13.0 Å². The average Bonchev–Trinajstić information content (AvgIpc) is 2.80. The second-order valence-corrected chi connectivity index (χ2v) is 8.08. The summed E-state index contributed by atoms with van der Waals surface area (Å²) in [7, 11) is 3.27. The number of anilines is 2. The van der Waals surface area contributed by atoms with Gasteiger partial charge in [-0.15, -0.1) is 0 Å². The lowest BCUT2D eigenvalue weighted by Crippen LogP contribution is -2.37. The minimum absolute atomic E-state index is 0.274. The number of carbonyl (C=O) groups is 3. The normalized spacial score (nSPS) is 11.3. The lowest BCUT2D eigenvalue weighted by atomic mass is 10.0. The minimum atomic E-state index is -0.924. The second-order valence-electron chi connectivity index (χ2n) is 7.67. The summed E-state index contributed by atoms with van der Waals surface area (Å²) in [5.41, 5.74) is 2.97. The number of hydrogen-bond donors (Lipinski definition) is 3. The van der Waals surface area contributed by atoms with Gasteiger partial charge in [-0.25, -0.2) is 4.79 Å². The number of nitrogens with one attached hydrogen (secondary N) is 3. The maximum Gasteiger partial charge on any atom is 0.321 e. The quantitative estimate of drug-likeness (QED) is 0.487. The lowest BCUT2D eigenvalue weighted by molar-refractivity contribution is -0.118. The van der Waals surface area contributed by atoms with Gasteiger partial charge in [-0.1, -0.05) is 48.0 Å². The fourth-order valence-electron chi connectivity index (χ4n) is 2.99. The van der Waals surface area contributed by atoms with Gasteiger partial charge in [0.05, 0.1) is 0 Å². The topological polar surface area (TPSA) is 90.5 Å². The molecule has 0 aliphatic rings. The largest absolute Gasteiger partial charge is 0.336 e. The van der Waals surface area contributed by atoms with Crippen LogP contribution in [0.25, 0.3) is 0 Å². The van der Waals surface area contributed by atoms with Crippen LogP contribution in [0.15, 0.2) is 72.8 Å². The van der Waals surface area contributed by atoms with Crippen LogP contribution in [0.4, 0.5) is 16.2 Å². The van der Waals surface area contributed by atoms with E-state index in [4.69, 9.17) is 11.6 Å². The van der Waals surface area contributed by atoms with E-state index >= 15 is 0 Å². The second kappa shape index (κ2) is 10.7. The molecule has 0 aliphatic heterocycles. The summed E-state index contributed by atoms with van der Waals surface area (Å²) < 4.78 is 0. The van der Waals surface area contributed by atoms with Crippen LogP contribution in [0.5, 0.6) is 0 Å². The maximum atomic E-state index is 13.1. The number of halogens is 1. The molecule has 1 unspecified atom stereocenters. The fraction of sp³-hybridized carbons (Fsp3) is 0.160. The number of urea groups is 1. The first-order valence-corrected chi connectivity index (χ1v) is 10.6. The van der Waals surface area contributed by atoms with Crippen molar-refractivity contribution in [3.8, 4) is 0 Å². The molecule has 0 spiro atoms. The van der Waals surface area contributed by atoms with Crippen LogP contribution in [0, 0.1) is 6.92 Å². The minimum Gasteiger partial charge on any atom is -0.336 e. The Morgan fingerprint density at radius 2 is 1.48 bits per heavy atom. The van der Waals surface area contributed by atoms with Gasteiger partial charge in [0.25, 0.3) is 11.8 Å². The van der Waals surface area contributed by atoms with Crippen LogP contribution in [0.1, 0.15) is 27.5 Å². The van der Waals surface area contributed by atoms with E-state index in [2.05, 4.69) is 16.0 Å². The van der Waals surface area contributed by atoms with E-state index in [0.29, 0.717) is 27.5 Å². The van der Waals surface area contributed by atoms with Crippen molar-refractivity contribution in [2.24, 2.45) is 0 Å². The van der Waals surface area contributed by atoms with Crippen molar-refractivity contribution in [3.63, 3.8) is 0 Å². The molecule has 0 heterocycles. The van der Waals surface area contributed by atoms with Crippen molar-refractivity contribution in [2.75, 3.05) is 24.7 Å². The summed E-state index contributed by atoms with van der Waals surface area (Å²) in [6.45, 7) is 1.87. The fourth-order valence-corrected chi connectivity index (χ4v) is 3.17. The third-order valence-electron chi connectivity index (χ3n) is 4.91. The van der Waals surface area contributed by atoms with Gasteiger partial charge in [0.15, 0.2) is 0 Å². The highest BCUT2D eigenvalue weighted by Gasteiger charge is 2.23. The predicted molar refractivity (Wildman–Crippen MR) is 131 cm³/mol. The number of rotatable bonds is 6. The molecule has 0 aliphatic carbocycles. The van der Waals surface area contributed by atoms with E-state index in [1.54, 1.807) is 74.8 Å². The van der Waals surface area contributed by atoms with Crippen LogP contribution in [-0.4, -0.2) is 36.8 Å². The van der Waals surface area contributed by atoms with Gasteiger partial charge in [-0.2, -0.15) is 0 Å². The zero-order valence-electron chi connectivity index (χ0n) is 18.6. The molecule has 170 valence electrons. The monoisotopic (exact) mass is 464 g/mol. The van der Waals surface area contributed by atoms with E-state index in [0.717, 1.165) is 5.56 Å². The molecule has 3 N–H and O–H groups in total. The molecule has 3 aromatic rings. The average molecular weight is 465 g/mol. The highest BCUT2D eigenvalue weighted by atomic mass is 35.5. The van der Waals surface area contributed by atoms with Gasteiger partial charge >= 0.3 is 6.03 Å². The molecular formula is C25H25ClN4O3. The zero-order chi connectivity index (χ0) is 24.0. The van der Waals surface area contributed by atoms with Crippen LogP contribution in [-0.2, 0) is 4.79 Å². The van der Waals surface area contributed by atoms with Crippen molar-refractivity contribution in [3.05, 3.63) is 94.5 Å². The first-order chi connectivity index (χ1) is 15.7. The SMILES string of the molecule is Cc1ccc(NC(=O)C(NC(=O)c2ccc(NC(=O)N(C)C)cc2)c2ccccc2)cc1Cl. The van der Waals surface area contributed by atoms with Gasteiger partial charge in [0.2, 0.25) is 0 Å². The number of benzene rings is 3.